The van der Waals surface area contributed by atoms with E-state index in [9.17, 15) is 9.18 Å². The fraction of sp³-hybridized carbons (Fsp3) is 0. The Labute approximate surface area is 152 Å². The lowest BCUT2D eigenvalue weighted by molar-refractivity contribution is 0.102. The van der Waals surface area contributed by atoms with Gasteiger partial charge in [-0.25, -0.2) is 14.4 Å². The molecule has 0 aliphatic heterocycles. The van der Waals surface area contributed by atoms with Gasteiger partial charge >= 0.3 is 0 Å². The van der Waals surface area contributed by atoms with Gasteiger partial charge in [0.15, 0.2) is 0 Å². The standard InChI is InChI=1S/C17H11Cl2FN4O/c18-13-5-4-12(7-14(13)19)23-16-9-21-15(8-22-16)17(25)24-11-3-1-2-10(20)6-11/h1-9H,(H,22,23)(H,24,25). The Balaban J connectivity index is 1.69. The summed E-state index contributed by atoms with van der Waals surface area (Å²) in [7, 11) is 0. The molecule has 0 saturated carbocycles. The van der Waals surface area contributed by atoms with Crippen LogP contribution >= 0.6 is 23.2 Å². The summed E-state index contributed by atoms with van der Waals surface area (Å²) in [5.74, 6) is -0.495. The third-order valence-corrected chi connectivity index (χ3v) is 3.90. The maximum atomic E-state index is 13.1. The molecule has 0 unspecified atom stereocenters. The highest BCUT2D eigenvalue weighted by Crippen LogP contribution is 2.26. The molecule has 0 aliphatic carbocycles. The normalized spacial score (nSPS) is 10.4. The molecule has 1 heterocycles. The molecule has 0 bridgehead atoms. The van der Waals surface area contributed by atoms with Crippen molar-refractivity contribution in [1.82, 2.24) is 9.97 Å². The van der Waals surface area contributed by atoms with Crippen LogP contribution in [0.2, 0.25) is 10.0 Å². The molecular weight excluding hydrogens is 366 g/mol. The summed E-state index contributed by atoms with van der Waals surface area (Å²) in [6, 6.07) is 10.6. The van der Waals surface area contributed by atoms with Crippen LogP contribution < -0.4 is 10.6 Å². The fourth-order valence-electron chi connectivity index (χ4n) is 1.99. The Kier molecular flexibility index (Phi) is 5.11. The molecule has 0 atom stereocenters. The monoisotopic (exact) mass is 376 g/mol. The Morgan fingerprint density at radius 3 is 2.48 bits per heavy atom. The second kappa shape index (κ2) is 7.46. The highest BCUT2D eigenvalue weighted by molar-refractivity contribution is 6.42. The second-order valence-electron chi connectivity index (χ2n) is 5.01. The molecule has 8 heteroatoms. The van der Waals surface area contributed by atoms with Crippen LogP contribution in [0, 0.1) is 5.82 Å². The van der Waals surface area contributed by atoms with Gasteiger partial charge in [-0.05, 0) is 36.4 Å². The number of hydrogen-bond acceptors (Lipinski definition) is 4. The Morgan fingerprint density at radius 2 is 1.80 bits per heavy atom. The summed E-state index contributed by atoms with van der Waals surface area (Å²) < 4.78 is 13.1. The topological polar surface area (TPSA) is 66.9 Å². The van der Waals surface area contributed by atoms with E-state index in [-0.39, 0.29) is 5.69 Å². The summed E-state index contributed by atoms with van der Waals surface area (Å²) in [4.78, 5) is 20.3. The predicted octanol–water partition coefficient (Wildman–Crippen LogP) is 4.92. The van der Waals surface area contributed by atoms with Crippen molar-refractivity contribution >= 4 is 46.3 Å². The van der Waals surface area contributed by atoms with Crippen LogP contribution in [-0.4, -0.2) is 15.9 Å². The third kappa shape index (κ3) is 4.43. The number of benzene rings is 2. The average molecular weight is 377 g/mol. The number of rotatable bonds is 4. The number of amides is 1. The summed E-state index contributed by atoms with van der Waals surface area (Å²) >= 11 is 11.8. The van der Waals surface area contributed by atoms with E-state index in [0.29, 0.717) is 27.2 Å². The van der Waals surface area contributed by atoms with Crippen LogP contribution in [0.4, 0.5) is 21.6 Å². The summed E-state index contributed by atoms with van der Waals surface area (Å²) in [6.45, 7) is 0. The number of carbonyl (C=O) groups is 1. The summed E-state index contributed by atoms with van der Waals surface area (Å²) in [6.07, 6.45) is 2.72. The minimum absolute atomic E-state index is 0.101. The molecule has 0 radical (unpaired) electrons. The van der Waals surface area contributed by atoms with Gasteiger partial charge in [0.05, 0.1) is 22.4 Å². The van der Waals surface area contributed by atoms with Gasteiger partial charge < -0.3 is 10.6 Å². The van der Waals surface area contributed by atoms with Gasteiger partial charge in [-0.3, -0.25) is 4.79 Å². The SMILES string of the molecule is O=C(Nc1cccc(F)c1)c1cnc(Nc2ccc(Cl)c(Cl)c2)cn1. The number of aromatic nitrogens is 2. The summed E-state index contributed by atoms with van der Waals surface area (Å²) in [5, 5.41) is 6.40. The zero-order valence-corrected chi connectivity index (χ0v) is 14.1. The average Bonchev–Trinajstić information content (AvgIpc) is 2.59. The number of nitrogens with one attached hydrogen (secondary N) is 2. The molecular formula is C17H11Cl2FN4O. The number of hydrogen-bond donors (Lipinski definition) is 2. The molecule has 2 aromatic carbocycles. The lowest BCUT2D eigenvalue weighted by Crippen LogP contribution is -2.14. The first kappa shape index (κ1) is 17.1. The molecule has 0 spiro atoms. The molecule has 3 aromatic rings. The van der Waals surface area contributed by atoms with Crippen molar-refractivity contribution in [1.29, 1.82) is 0 Å². The van der Waals surface area contributed by atoms with Crippen LogP contribution in [-0.2, 0) is 0 Å². The Hall–Kier alpha value is -2.70. The number of anilines is 3. The van der Waals surface area contributed by atoms with Crippen molar-refractivity contribution in [3.8, 4) is 0 Å². The van der Waals surface area contributed by atoms with E-state index in [0.717, 1.165) is 0 Å². The lowest BCUT2D eigenvalue weighted by atomic mass is 10.3. The maximum absolute atomic E-state index is 13.1. The van der Waals surface area contributed by atoms with Gasteiger partial charge in [0.25, 0.3) is 5.91 Å². The zero-order chi connectivity index (χ0) is 17.8. The molecule has 1 amide bonds. The van der Waals surface area contributed by atoms with Crippen molar-refractivity contribution < 1.29 is 9.18 Å². The zero-order valence-electron chi connectivity index (χ0n) is 12.6. The number of carbonyl (C=O) groups excluding carboxylic acids is 1. The van der Waals surface area contributed by atoms with Gasteiger partial charge in [-0.1, -0.05) is 29.3 Å². The summed E-state index contributed by atoms with van der Waals surface area (Å²) in [5.41, 5.74) is 1.12. The highest BCUT2D eigenvalue weighted by atomic mass is 35.5. The van der Waals surface area contributed by atoms with E-state index in [4.69, 9.17) is 23.2 Å². The van der Waals surface area contributed by atoms with Crippen LogP contribution in [0.1, 0.15) is 10.5 Å². The Morgan fingerprint density at radius 1 is 0.960 bits per heavy atom. The van der Waals surface area contributed by atoms with E-state index in [2.05, 4.69) is 20.6 Å². The molecule has 126 valence electrons. The van der Waals surface area contributed by atoms with Gasteiger partial charge in [-0.15, -0.1) is 0 Å². The van der Waals surface area contributed by atoms with Gasteiger partial charge in [0, 0.05) is 11.4 Å². The second-order valence-corrected chi connectivity index (χ2v) is 5.82. The van der Waals surface area contributed by atoms with Crippen LogP contribution in [0.3, 0.4) is 0 Å². The minimum Gasteiger partial charge on any atom is -0.339 e. The third-order valence-electron chi connectivity index (χ3n) is 3.16. The number of halogens is 3. The van der Waals surface area contributed by atoms with Crippen molar-refractivity contribution in [2.75, 3.05) is 10.6 Å². The molecule has 25 heavy (non-hydrogen) atoms. The van der Waals surface area contributed by atoms with Crippen molar-refractivity contribution in [2.45, 2.75) is 0 Å². The molecule has 3 rings (SSSR count). The number of nitrogens with zero attached hydrogens (tertiary/aromatic N) is 2. The lowest BCUT2D eigenvalue weighted by Gasteiger charge is -2.08. The largest absolute Gasteiger partial charge is 0.339 e. The van der Waals surface area contributed by atoms with E-state index in [1.807, 2.05) is 0 Å². The van der Waals surface area contributed by atoms with Gasteiger partial charge in [-0.2, -0.15) is 0 Å². The smallest absolute Gasteiger partial charge is 0.275 e. The minimum atomic E-state index is -0.487. The van der Waals surface area contributed by atoms with E-state index < -0.39 is 11.7 Å². The first-order valence-corrected chi connectivity index (χ1v) is 7.88. The highest BCUT2D eigenvalue weighted by Gasteiger charge is 2.09. The molecule has 2 N–H and O–H groups in total. The van der Waals surface area contributed by atoms with Gasteiger partial charge in [0.1, 0.15) is 17.3 Å². The van der Waals surface area contributed by atoms with E-state index >= 15 is 0 Å². The van der Waals surface area contributed by atoms with Crippen molar-refractivity contribution in [3.05, 3.63) is 76.4 Å². The first-order chi connectivity index (χ1) is 12.0. The van der Waals surface area contributed by atoms with E-state index in [1.165, 1.54) is 30.6 Å². The fourth-order valence-corrected chi connectivity index (χ4v) is 2.29. The predicted molar refractivity (Wildman–Crippen MR) is 96.1 cm³/mol. The molecule has 0 fully saturated rings. The van der Waals surface area contributed by atoms with Crippen LogP contribution in [0.5, 0.6) is 0 Å². The molecule has 5 nitrogen and oxygen atoms in total. The Bertz CT molecular complexity index is 919. The van der Waals surface area contributed by atoms with Crippen molar-refractivity contribution in [2.24, 2.45) is 0 Å². The van der Waals surface area contributed by atoms with E-state index in [1.54, 1.807) is 24.3 Å². The van der Waals surface area contributed by atoms with Crippen LogP contribution in [0.25, 0.3) is 0 Å². The molecule has 0 saturated heterocycles. The van der Waals surface area contributed by atoms with Crippen molar-refractivity contribution in [3.63, 3.8) is 0 Å². The first-order valence-electron chi connectivity index (χ1n) is 7.12. The molecule has 1 aromatic heterocycles. The maximum Gasteiger partial charge on any atom is 0.275 e. The van der Waals surface area contributed by atoms with Gasteiger partial charge in [0.2, 0.25) is 0 Å². The quantitative estimate of drug-likeness (QED) is 0.678. The van der Waals surface area contributed by atoms with Crippen LogP contribution in [0.15, 0.2) is 54.9 Å². The molecule has 0 aliphatic rings.